The van der Waals surface area contributed by atoms with Crippen molar-refractivity contribution in [2.24, 2.45) is 0 Å². The predicted molar refractivity (Wildman–Crippen MR) is 138 cm³/mol. The predicted octanol–water partition coefficient (Wildman–Crippen LogP) is 1.05. The number of hydrogen-bond donors (Lipinski definition) is 4. The van der Waals surface area contributed by atoms with E-state index < -0.39 is 10.0 Å². The highest BCUT2D eigenvalue weighted by Gasteiger charge is 2.18. The van der Waals surface area contributed by atoms with Crippen molar-refractivity contribution in [1.29, 1.82) is 0 Å². The molecular formula is C24H40N6O2S. The second-order valence-electron chi connectivity index (χ2n) is 8.72. The summed E-state index contributed by atoms with van der Waals surface area (Å²) < 4.78 is 29.2. The van der Waals surface area contributed by atoms with Gasteiger partial charge in [0.25, 0.3) is 0 Å². The molecule has 3 rings (SSSR count). The van der Waals surface area contributed by atoms with Gasteiger partial charge in [-0.15, -0.1) is 0 Å². The number of nitrogens with one attached hydrogen (secondary N) is 4. The smallest absolute Gasteiger partial charge is 0.241 e. The number of sulfonamides is 1. The Balaban J connectivity index is 1.61. The number of benzene rings is 2. The summed E-state index contributed by atoms with van der Waals surface area (Å²) in [7, 11) is 0.328. The summed E-state index contributed by atoms with van der Waals surface area (Å²) in [6, 6.07) is 11.3. The molecule has 184 valence electrons. The molecule has 0 saturated carbocycles. The largest absolute Gasteiger partial charge is 0.377 e. The number of nitrogens with zero attached hydrogens (tertiary/aromatic N) is 2. The Hall–Kier alpha value is -1.75. The number of rotatable bonds is 6. The SMILES string of the molecule is CN(C)c1cccc2c(S(=O)(=O)NCCN3CCCNCCNCCCNCC3)cccc12. The Labute approximate surface area is 199 Å². The van der Waals surface area contributed by atoms with Crippen LogP contribution in [-0.4, -0.2) is 92.9 Å². The van der Waals surface area contributed by atoms with Gasteiger partial charge in [0.2, 0.25) is 10.0 Å². The van der Waals surface area contributed by atoms with Crippen LogP contribution in [0.1, 0.15) is 12.8 Å². The summed E-state index contributed by atoms with van der Waals surface area (Å²) in [5.41, 5.74) is 1.01. The fraction of sp³-hybridized carbons (Fsp3) is 0.583. The van der Waals surface area contributed by atoms with E-state index in [1.165, 1.54) is 0 Å². The summed E-state index contributed by atoms with van der Waals surface area (Å²) >= 11 is 0. The Kier molecular flexibility index (Phi) is 10.4. The van der Waals surface area contributed by atoms with Crippen LogP contribution in [0.5, 0.6) is 0 Å². The molecule has 0 aliphatic carbocycles. The second-order valence-corrected chi connectivity index (χ2v) is 10.5. The van der Waals surface area contributed by atoms with Gasteiger partial charge >= 0.3 is 0 Å². The molecule has 1 aliphatic rings. The Morgan fingerprint density at radius 1 is 0.848 bits per heavy atom. The van der Waals surface area contributed by atoms with Crippen molar-refractivity contribution in [3.05, 3.63) is 36.4 Å². The molecule has 33 heavy (non-hydrogen) atoms. The monoisotopic (exact) mass is 476 g/mol. The summed E-state index contributed by atoms with van der Waals surface area (Å²) in [5.74, 6) is 0. The zero-order valence-electron chi connectivity index (χ0n) is 20.1. The van der Waals surface area contributed by atoms with Gasteiger partial charge in [-0.25, -0.2) is 13.1 Å². The molecule has 1 heterocycles. The second kappa shape index (κ2) is 13.2. The fourth-order valence-corrected chi connectivity index (χ4v) is 5.44. The normalized spacial score (nSPS) is 18.1. The van der Waals surface area contributed by atoms with Crippen LogP contribution in [0.4, 0.5) is 5.69 Å². The summed E-state index contributed by atoms with van der Waals surface area (Å²) in [6.45, 7) is 8.84. The molecule has 0 unspecified atom stereocenters. The minimum absolute atomic E-state index is 0.337. The van der Waals surface area contributed by atoms with Gasteiger partial charge < -0.3 is 25.8 Å². The lowest BCUT2D eigenvalue weighted by Gasteiger charge is -2.23. The van der Waals surface area contributed by atoms with Crippen LogP contribution in [-0.2, 0) is 10.0 Å². The molecule has 2 aromatic rings. The van der Waals surface area contributed by atoms with Gasteiger partial charge in [-0.05, 0) is 51.2 Å². The molecule has 0 amide bonds. The molecule has 1 aliphatic heterocycles. The van der Waals surface area contributed by atoms with Crippen LogP contribution >= 0.6 is 0 Å². The highest BCUT2D eigenvalue weighted by atomic mass is 32.2. The van der Waals surface area contributed by atoms with Crippen molar-refractivity contribution in [3.8, 4) is 0 Å². The third kappa shape index (κ3) is 7.91. The average Bonchev–Trinajstić information content (AvgIpc) is 2.80. The van der Waals surface area contributed by atoms with Gasteiger partial charge in [0.05, 0.1) is 4.90 Å². The average molecular weight is 477 g/mol. The highest BCUT2D eigenvalue weighted by molar-refractivity contribution is 7.89. The zero-order chi connectivity index (χ0) is 23.5. The molecule has 0 spiro atoms. The lowest BCUT2D eigenvalue weighted by molar-refractivity contribution is 0.272. The lowest BCUT2D eigenvalue weighted by atomic mass is 10.1. The quantitative estimate of drug-likeness (QED) is 0.496. The third-order valence-corrected chi connectivity index (χ3v) is 7.49. The van der Waals surface area contributed by atoms with Gasteiger partial charge in [0, 0.05) is 69.8 Å². The first-order chi connectivity index (χ1) is 16.0. The third-order valence-electron chi connectivity index (χ3n) is 5.97. The van der Waals surface area contributed by atoms with Gasteiger partial charge in [0.1, 0.15) is 0 Å². The minimum atomic E-state index is -3.61. The van der Waals surface area contributed by atoms with Crippen molar-refractivity contribution in [1.82, 2.24) is 25.6 Å². The first kappa shape index (κ1) is 25.9. The van der Waals surface area contributed by atoms with Crippen LogP contribution in [0, 0.1) is 0 Å². The van der Waals surface area contributed by atoms with Crippen molar-refractivity contribution in [2.75, 3.05) is 84.4 Å². The van der Waals surface area contributed by atoms with E-state index in [1.807, 2.05) is 49.3 Å². The molecule has 1 fully saturated rings. The van der Waals surface area contributed by atoms with Crippen molar-refractivity contribution in [3.63, 3.8) is 0 Å². The highest BCUT2D eigenvalue weighted by Crippen LogP contribution is 2.29. The summed E-state index contributed by atoms with van der Waals surface area (Å²) in [4.78, 5) is 4.69. The maximum absolute atomic E-state index is 13.2. The molecule has 9 heteroatoms. The molecule has 0 atom stereocenters. The standard InChI is InChI=1S/C24H40N6O2S/c1-29(2)23-9-3-8-22-21(23)7-4-10-24(22)33(31,32)28-17-20-30-18-6-13-26-15-14-25-11-5-12-27-16-19-30/h3-4,7-10,25-28H,5-6,11-20H2,1-2H3. The van der Waals surface area contributed by atoms with Gasteiger partial charge in [-0.1, -0.05) is 24.3 Å². The number of fused-ring (bicyclic) bond motifs is 1. The van der Waals surface area contributed by atoms with E-state index in [0.29, 0.717) is 18.0 Å². The van der Waals surface area contributed by atoms with Crippen LogP contribution in [0.2, 0.25) is 0 Å². The lowest BCUT2D eigenvalue weighted by Crippen LogP contribution is -2.40. The topological polar surface area (TPSA) is 88.7 Å². The zero-order valence-corrected chi connectivity index (χ0v) is 20.9. The number of anilines is 1. The van der Waals surface area contributed by atoms with Crippen molar-refractivity contribution < 1.29 is 8.42 Å². The summed E-state index contributed by atoms with van der Waals surface area (Å²) in [5, 5.41) is 12.1. The van der Waals surface area contributed by atoms with Crippen molar-refractivity contribution >= 4 is 26.5 Å². The minimum Gasteiger partial charge on any atom is -0.377 e. The Bertz CT molecular complexity index is 953. The van der Waals surface area contributed by atoms with E-state index in [1.54, 1.807) is 6.07 Å². The maximum atomic E-state index is 13.2. The van der Waals surface area contributed by atoms with Crippen LogP contribution in [0.3, 0.4) is 0 Å². The maximum Gasteiger partial charge on any atom is 0.241 e. The van der Waals surface area contributed by atoms with E-state index in [0.717, 1.165) is 81.7 Å². The van der Waals surface area contributed by atoms with Gasteiger partial charge in [0.15, 0.2) is 0 Å². The van der Waals surface area contributed by atoms with Crippen LogP contribution in [0.25, 0.3) is 10.8 Å². The van der Waals surface area contributed by atoms with E-state index in [2.05, 4.69) is 25.6 Å². The summed E-state index contributed by atoms with van der Waals surface area (Å²) in [6.07, 6.45) is 2.16. The number of hydrogen-bond acceptors (Lipinski definition) is 7. The van der Waals surface area contributed by atoms with E-state index in [9.17, 15) is 8.42 Å². The van der Waals surface area contributed by atoms with Crippen LogP contribution < -0.4 is 25.6 Å². The molecular weight excluding hydrogens is 436 g/mol. The Morgan fingerprint density at radius 2 is 1.52 bits per heavy atom. The molecule has 8 nitrogen and oxygen atoms in total. The molecule has 0 radical (unpaired) electrons. The van der Waals surface area contributed by atoms with Crippen molar-refractivity contribution in [2.45, 2.75) is 17.7 Å². The molecule has 1 saturated heterocycles. The van der Waals surface area contributed by atoms with Crippen LogP contribution in [0.15, 0.2) is 41.3 Å². The fourth-order valence-electron chi connectivity index (χ4n) is 4.20. The first-order valence-electron chi connectivity index (χ1n) is 12.0. The first-order valence-corrected chi connectivity index (χ1v) is 13.5. The van der Waals surface area contributed by atoms with Gasteiger partial charge in [-0.3, -0.25) is 0 Å². The van der Waals surface area contributed by atoms with E-state index in [-0.39, 0.29) is 0 Å². The molecule has 0 bridgehead atoms. The molecule has 4 N–H and O–H groups in total. The van der Waals surface area contributed by atoms with Gasteiger partial charge in [-0.2, -0.15) is 0 Å². The molecule has 0 aromatic heterocycles. The Morgan fingerprint density at radius 3 is 2.27 bits per heavy atom. The molecule has 2 aromatic carbocycles. The van der Waals surface area contributed by atoms with E-state index in [4.69, 9.17) is 0 Å². The van der Waals surface area contributed by atoms with E-state index >= 15 is 0 Å².